The Bertz CT molecular complexity index is 404. The third-order valence-corrected chi connectivity index (χ3v) is 3.25. The van der Waals surface area contributed by atoms with E-state index in [1.807, 2.05) is 6.08 Å². The summed E-state index contributed by atoms with van der Waals surface area (Å²) in [6.07, 6.45) is 3.17. The molecular weight excluding hydrogens is 244 g/mol. The molecule has 0 aromatic heterocycles. The second kappa shape index (κ2) is 8.23. The van der Waals surface area contributed by atoms with Crippen LogP contribution >= 0.6 is 0 Å². The van der Waals surface area contributed by atoms with Crippen molar-refractivity contribution in [2.75, 3.05) is 13.1 Å². The summed E-state index contributed by atoms with van der Waals surface area (Å²) >= 11 is 0. The van der Waals surface area contributed by atoms with Gasteiger partial charge in [0.1, 0.15) is 0 Å². The maximum absolute atomic E-state index is 3.86. The SMILES string of the molecule is C=CCN(CCC)Cc1ccccc1CNC(C)(C)C. The van der Waals surface area contributed by atoms with Crippen molar-refractivity contribution >= 4 is 0 Å². The first-order valence-electron chi connectivity index (χ1n) is 7.61. The molecule has 20 heavy (non-hydrogen) atoms. The van der Waals surface area contributed by atoms with Gasteiger partial charge < -0.3 is 5.32 Å². The van der Waals surface area contributed by atoms with E-state index in [1.54, 1.807) is 0 Å². The van der Waals surface area contributed by atoms with Crippen molar-refractivity contribution < 1.29 is 0 Å². The molecule has 1 aromatic rings. The molecule has 1 rings (SSSR count). The van der Waals surface area contributed by atoms with Gasteiger partial charge in [-0.15, -0.1) is 6.58 Å². The van der Waals surface area contributed by atoms with Gasteiger partial charge in [0, 0.05) is 25.2 Å². The van der Waals surface area contributed by atoms with Crippen LogP contribution in [0, 0.1) is 0 Å². The van der Waals surface area contributed by atoms with E-state index < -0.39 is 0 Å². The van der Waals surface area contributed by atoms with Gasteiger partial charge in [-0.05, 0) is 44.9 Å². The van der Waals surface area contributed by atoms with Crippen molar-refractivity contribution in [3.63, 3.8) is 0 Å². The maximum Gasteiger partial charge on any atom is 0.0240 e. The molecule has 1 aromatic carbocycles. The van der Waals surface area contributed by atoms with Gasteiger partial charge in [0.25, 0.3) is 0 Å². The number of hydrogen-bond donors (Lipinski definition) is 1. The van der Waals surface area contributed by atoms with Gasteiger partial charge in [0.15, 0.2) is 0 Å². The second-order valence-electron chi connectivity index (χ2n) is 6.40. The predicted octanol–water partition coefficient (Wildman–Crippen LogP) is 3.97. The summed E-state index contributed by atoms with van der Waals surface area (Å²) in [7, 11) is 0. The largest absolute Gasteiger partial charge is 0.308 e. The molecule has 0 atom stereocenters. The molecule has 112 valence electrons. The number of benzene rings is 1. The molecular formula is C18H30N2. The minimum Gasteiger partial charge on any atom is -0.308 e. The van der Waals surface area contributed by atoms with E-state index in [1.165, 1.54) is 17.5 Å². The number of nitrogens with zero attached hydrogens (tertiary/aromatic N) is 1. The number of rotatable bonds is 8. The molecule has 2 nitrogen and oxygen atoms in total. The Morgan fingerprint density at radius 3 is 2.40 bits per heavy atom. The lowest BCUT2D eigenvalue weighted by Gasteiger charge is -2.24. The van der Waals surface area contributed by atoms with Crippen molar-refractivity contribution in [3.8, 4) is 0 Å². The molecule has 0 fully saturated rings. The predicted molar refractivity (Wildman–Crippen MR) is 88.8 cm³/mol. The molecule has 0 bridgehead atoms. The summed E-state index contributed by atoms with van der Waals surface area (Å²) in [5.41, 5.74) is 2.96. The standard InChI is InChI=1S/C18H30N2/c1-6-12-20(13-7-2)15-17-11-9-8-10-16(17)14-19-18(3,4)5/h6,8-11,19H,1,7,12-15H2,2-5H3. The van der Waals surface area contributed by atoms with Crippen molar-refractivity contribution in [1.29, 1.82) is 0 Å². The summed E-state index contributed by atoms with van der Waals surface area (Å²) < 4.78 is 0. The topological polar surface area (TPSA) is 15.3 Å². The van der Waals surface area contributed by atoms with E-state index in [-0.39, 0.29) is 5.54 Å². The average molecular weight is 274 g/mol. The van der Waals surface area contributed by atoms with Gasteiger partial charge >= 0.3 is 0 Å². The first-order chi connectivity index (χ1) is 9.46. The Kier molecular flexibility index (Phi) is 6.97. The molecule has 2 heteroatoms. The smallest absolute Gasteiger partial charge is 0.0240 e. The molecule has 0 heterocycles. The minimum atomic E-state index is 0.150. The Hall–Kier alpha value is -1.12. The summed E-state index contributed by atoms with van der Waals surface area (Å²) in [6.45, 7) is 16.7. The second-order valence-corrected chi connectivity index (χ2v) is 6.40. The number of hydrogen-bond acceptors (Lipinski definition) is 2. The first-order valence-corrected chi connectivity index (χ1v) is 7.61. The zero-order valence-corrected chi connectivity index (χ0v) is 13.6. The Morgan fingerprint density at radius 2 is 1.85 bits per heavy atom. The molecule has 0 radical (unpaired) electrons. The molecule has 0 saturated heterocycles. The maximum atomic E-state index is 3.86. The van der Waals surface area contributed by atoms with Crippen molar-refractivity contribution in [1.82, 2.24) is 10.2 Å². The minimum absolute atomic E-state index is 0.150. The summed E-state index contributed by atoms with van der Waals surface area (Å²) in [5.74, 6) is 0. The van der Waals surface area contributed by atoms with E-state index in [2.05, 4.69) is 68.8 Å². The molecule has 0 aliphatic carbocycles. The monoisotopic (exact) mass is 274 g/mol. The van der Waals surface area contributed by atoms with Gasteiger partial charge in [-0.1, -0.05) is 37.3 Å². The highest BCUT2D eigenvalue weighted by Gasteiger charge is 2.11. The molecule has 0 spiro atoms. The molecule has 0 unspecified atom stereocenters. The van der Waals surface area contributed by atoms with Crippen LogP contribution in [0.25, 0.3) is 0 Å². The van der Waals surface area contributed by atoms with E-state index in [0.717, 1.165) is 26.2 Å². The third-order valence-electron chi connectivity index (χ3n) is 3.25. The van der Waals surface area contributed by atoms with Crippen LogP contribution in [0.2, 0.25) is 0 Å². The van der Waals surface area contributed by atoms with Crippen LogP contribution in [0.5, 0.6) is 0 Å². The fourth-order valence-corrected chi connectivity index (χ4v) is 2.22. The van der Waals surface area contributed by atoms with Crippen LogP contribution in [0.15, 0.2) is 36.9 Å². The Labute approximate surface area is 124 Å². The van der Waals surface area contributed by atoms with Crippen LogP contribution in [-0.2, 0) is 13.1 Å². The van der Waals surface area contributed by atoms with E-state index in [9.17, 15) is 0 Å². The average Bonchev–Trinajstić information content (AvgIpc) is 2.37. The zero-order valence-electron chi connectivity index (χ0n) is 13.6. The third kappa shape index (κ3) is 6.36. The molecule has 0 saturated carbocycles. The van der Waals surface area contributed by atoms with E-state index >= 15 is 0 Å². The van der Waals surface area contributed by atoms with Gasteiger partial charge in [0.2, 0.25) is 0 Å². The van der Waals surface area contributed by atoms with Crippen LogP contribution in [0.3, 0.4) is 0 Å². The molecule has 1 N–H and O–H groups in total. The highest BCUT2D eigenvalue weighted by atomic mass is 15.1. The quantitative estimate of drug-likeness (QED) is 0.722. The lowest BCUT2D eigenvalue weighted by molar-refractivity contribution is 0.293. The van der Waals surface area contributed by atoms with Crippen LogP contribution in [0.1, 0.15) is 45.2 Å². The van der Waals surface area contributed by atoms with E-state index in [4.69, 9.17) is 0 Å². The van der Waals surface area contributed by atoms with Crippen molar-refractivity contribution in [2.24, 2.45) is 0 Å². The van der Waals surface area contributed by atoms with Crippen LogP contribution < -0.4 is 5.32 Å². The van der Waals surface area contributed by atoms with E-state index in [0.29, 0.717) is 0 Å². The molecule has 0 aliphatic rings. The fourth-order valence-electron chi connectivity index (χ4n) is 2.22. The number of nitrogens with one attached hydrogen (secondary N) is 1. The summed E-state index contributed by atoms with van der Waals surface area (Å²) in [6, 6.07) is 8.73. The normalized spacial score (nSPS) is 11.8. The Balaban J connectivity index is 2.75. The van der Waals surface area contributed by atoms with Crippen LogP contribution in [0.4, 0.5) is 0 Å². The van der Waals surface area contributed by atoms with Crippen molar-refractivity contribution in [2.45, 2.75) is 52.7 Å². The lowest BCUT2D eigenvalue weighted by atomic mass is 10.0. The van der Waals surface area contributed by atoms with Gasteiger partial charge in [-0.2, -0.15) is 0 Å². The van der Waals surface area contributed by atoms with Gasteiger partial charge in [-0.3, -0.25) is 4.90 Å². The van der Waals surface area contributed by atoms with Crippen LogP contribution in [-0.4, -0.2) is 23.5 Å². The highest BCUT2D eigenvalue weighted by molar-refractivity contribution is 5.27. The molecule has 0 amide bonds. The lowest BCUT2D eigenvalue weighted by Crippen LogP contribution is -2.35. The molecule has 0 aliphatic heterocycles. The van der Waals surface area contributed by atoms with Crippen molar-refractivity contribution in [3.05, 3.63) is 48.0 Å². The summed E-state index contributed by atoms with van der Waals surface area (Å²) in [4.78, 5) is 2.45. The zero-order chi connectivity index (χ0) is 15.0. The Morgan fingerprint density at radius 1 is 1.20 bits per heavy atom. The summed E-state index contributed by atoms with van der Waals surface area (Å²) in [5, 5.41) is 3.58. The van der Waals surface area contributed by atoms with Gasteiger partial charge in [-0.25, -0.2) is 0 Å². The highest BCUT2D eigenvalue weighted by Crippen LogP contribution is 2.13. The van der Waals surface area contributed by atoms with Gasteiger partial charge in [0.05, 0.1) is 0 Å². The fraction of sp³-hybridized carbons (Fsp3) is 0.556. The first kappa shape index (κ1) is 16.9.